The van der Waals surface area contributed by atoms with Crippen molar-refractivity contribution in [1.82, 2.24) is 0 Å². The van der Waals surface area contributed by atoms with Gasteiger partial charge < -0.3 is 9.47 Å². The number of carbonyl (C=O) groups excluding carboxylic acids is 1. The lowest BCUT2D eigenvalue weighted by Gasteiger charge is -2.11. The highest BCUT2D eigenvalue weighted by molar-refractivity contribution is 5.74. The minimum absolute atomic E-state index is 0.0209. The minimum Gasteiger partial charge on any atom is -0.469 e. The molecule has 0 radical (unpaired) electrons. The molecule has 0 amide bonds. The lowest BCUT2D eigenvalue weighted by Crippen LogP contribution is -2.24. The van der Waals surface area contributed by atoms with Crippen LogP contribution in [0.5, 0.6) is 0 Å². The molecule has 0 aliphatic carbocycles. The maximum Gasteiger partial charge on any atom is 0.311 e. The van der Waals surface area contributed by atoms with E-state index in [-0.39, 0.29) is 24.1 Å². The third-order valence-corrected chi connectivity index (χ3v) is 2.23. The fourth-order valence-corrected chi connectivity index (χ4v) is 1.66. The number of rotatable bonds is 1. The van der Waals surface area contributed by atoms with Gasteiger partial charge in [0.1, 0.15) is 0 Å². The highest BCUT2D eigenvalue weighted by Gasteiger charge is 2.41. The molecule has 60 valence electrons. The van der Waals surface area contributed by atoms with Crippen LogP contribution < -0.4 is 0 Å². The van der Waals surface area contributed by atoms with Gasteiger partial charge >= 0.3 is 5.97 Å². The zero-order valence-electron chi connectivity index (χ0n) is 6.32. The first kappa shape index (κ1) is 6.85. The van der Waals surface area contributed by atoms with Gasteiger partial charge in [0.05, 0.1) is 25.2 Å². The van der Waals surface area contributed by atoms with Crippen molar-refractivity contribution in [3.63, 3.8) is 0 Å². The Kier molecular flexibility index (Phi) is 1.46. The molecular formula is C8H10O3. The summed E-state index contributed by atoms with van der Waals surface area (Å²) in [6.07, 6.45) is 4.87. The van der Waals surface area contributed by atoms with Crippen LogP contribution in [-0.2, 0) is 14.3 Å². The summed E-state index contributed by atoms with van der Waals surface area (Å²) in [7, 11) is 1.41. The van der Waals surface area contributed by atoms with Crippen molar-refractivity contribution in [2.45, 2.75) is 18.6 Å². The molecule has 0 aromatic rings. The number of hydrogen-bond donors (Lipinski definition) is 0. The molecular weight excluding hydrogens is 144 g/mol. The Morgan fingerprint density at radius 3 is 2.91 bits per heavy atom. The lowest BCUT2D eigenvalue weighted by molar-refractivity contribution is -0.146. The molecule has 3 heteroatoms. The number of esters is 1. The molecule has 2 bridgehead atoms. The number of carbonyl (C=O) groups is 1. The van der Waals surface area contributed by atoms with Crippen molar-refractivity contribution in [3.8, 4) is 0 Å². The molecule has 3 nitrogen and oxygen atoms in total. The first-order valence-electron chi connectivity index (χ1n) is 3.73. The second-order valence-corrected chi connectivity index (χ2v) is 2.89. The van der Waals surface area contributed by atoms with E-state index in [0.717, 1.165) is 6.42 Å². The predicted octanol–water partition coefficient (Wildman–Crippen LogP) is 0.503. The summed E-state index contributed by atoms with van der Waals surface area (Å²) in [5.74, 6) is -0.211. The standard InChI is InChI=1S/C8H10O3/c1-10-8(9)6-4-5-2-3-7(6)11-5/h2-3,5-7H,4H2,1H3/t5?,6?,7-/m1/s1. The fourth-order valence-electron chi connectivity index (χ4n) is 1.66. The largest absolute Gasteiger partial charge is 0.469 e. The van der Waals surface area contributed by atoms with Crippen molar-refractivity contribution >= 4 is 5.97 Å². The smallest absolute Gasteiger partial charge is 0.311 e. The Balaban J connectivity index is 2.08. The maximum atomic E-state index is 11.1. The van der Waals surface area contributed by atoms with Gasteiger partial charge in [-0.1, -0.05) is 12.2 Å². The van der Waals surface area contributed by atoms with E-state index in [4.69, 9.17) is 4.74 Å². The van der Waals surface area contributed by atoms with Crippen LogP contribution in [0.25, 0.3) is 0 Å². The molecule has 2 unspecified atom stereocenters. The lowest BCUT2D eigenvalue weighted by atomic mass is 9.95. The van der Waals surface area contributed by atoms with Gasteiger partial charge in [0.15, 0.2) is 0 Å². The third kappa shape index (κ3) is 0.959. The SMILES string of the molecule is COC(=O)C1CC2C=C[C@H]1O2. The van der Waals surface area contributed by atoms with E-state index in [1.807, 2.05) is 12.2 Å². The van der Waals surface area contributed by atoms with Gasteiger partial charge in [0.25, 0.3) is 0 Å². The minimum atomic E-state index is -0.151. The summed E-state index contributed by atoms with van der Waals surface area (Å²) in [6.45, 7) is 0. The molecule has 3 atom stereocenters. The van der Waals surface area contributed by atoms with Crippen LogP contribution in [0.4, 0.5) is 0 Å². The second kappa shape index (κ2) is 2.34. The molecule has 0 N–H and O–H groups in total. The molecule has 2 heterocycles. The van der Waals surface area contributed by atoms with Crippen LogP contribution in [0.3, 0.4) is 0 Å². The van der Waals surface area contributed by atoms with Crippen molar-refractivity contribution in [2.75, 3.05) is 7.11 Å². The Morgan fingerprint density at radius 1 is 1.64 bits per heavy atom. The predicted molar refractivity (Wildman–Crippen MR) is 37.9 cm³/mol. The van der Waals surface area contributed by atoms with Crippen LogP contribution in [0.15, 0.2) is 12.2 Å². The molecule has 2 aliphatic rings. The van der Waals surface area contributed by atoms with E-state index in [2.05, 4.69) is 4.74 Å². The van der Waals surface area contributed by atoms with Crippen LogP contribution in [-0.4, -0.2) is 25.3 Å². The number of hydrogen-bond acceptors (Lipinski definition) is 3. The maximum absolute atomic E-state index is 11.1. The summed E-state index contributed by atoms with van der Waals surface area (Å²) in [6, 6.07) is 0. The quantitative estimate of drug-likeness (QED) is 0.407. The van der Waals surface area contributed by atoms with Crippen LogP contribution in [0.1, 0.15) is 6.42 Å². The molecule has 0 aromatic carbocycles. The second-order valence-electron chi connectivity index (χ2n) is 2.89. The first-order chi connectivity index (χ1) is 5.31. The van der Waals surface area contributed by atoms with Gasteiger partial charge in [-0.3, -0.25) is 4.79 Å². The highest BCUT2D eigenvalue weighted by atomic mass is 16.5. The molecule has 0 saturated carbocycles. The summed E-state index contributed by atoms with van der Waals surface area (Å²) in [4.78, 5) is 11.1. The van der Waals surface area contributed by atoms with Crippen LogP contribution >= 0.6 is 0 Å². The van der Waals surface area contributed by atoms with E-state index >= 15 is 0 Å². The monoisotopic (exact) mass is 154 g/mol. The topological polar surface area (TPSA) is 35.5 Å². The Morgan fingerprint density at radius 2 is 2.45 bits per heavy atom. The van der Waals surface area contributed by atoms with Crippen molar-refractivity contribution in [1.29, 1.82) is 0 Å². The first-order valence-corrected chi connectivity index (χ1v) is 3.73. The van der Waals surface area contributed by atoms with E-state index in [1.54, 1.807) is 0 Å². The molecule has 0 spiro atoms. The zero-order chi connectivity index (χ0) is 7.84. The van der Waals surface area contributed by atoms with Crippen LogP contribution in [0.2, 0.25) is 0 Å². The number of fused-ring (bicyclic) bond motifs is 2. The Labute approximate surface area is 65.0 Å². The molecule has 2 rings (SSSR count). The number of ether oxygens (including phenoxy) is 2. The van der Waals surface area contributed by atoms with E-state index in [9.17, 15) is 4.79 Å². The molecule has 1 saturated heterocycles. The molecule has 11 heavy (non-hydrogen) atoms. The zero-order valence-corrected chi connectivity index (χ0v) is 6.32. The highest BCUT2D eigenvalue weighted by Crippen LogP contribution is 2.34. The van der Waals surface area contributed by atoms with Crippen LogP contribution in [0, 0.1) is 5.92 Å². The fraction of sp³-hybridized carbons (Fsp3) is 0.625. The average molecular weight is 154 g/mol. The van der Waals surface area contributed by atoms with Gasteiger partial charge in [-0.2, -0.15) is 0 Å². The van der Waals surface area contributed by atoms with Gasteiger partial charge in [-0.25, -0.2) is 0 Å². The van der Waals surface area contributed by atoms with Gasteiger partial charge in [-0.05, 0) is 6.42 Å². The molecule has 1 fully saturated rings. The Bertz CT molecular complexity index is 209. The van der Waals surface area contributed by atoms with Gasteiger partial charge in [0, 0.05) is 0 Å². The van der Waals surface area contributed by atoms with Crippen molar-refractivity contribution < 1.29 is 14.3 Å². The average Bonchev–Trinajstić information content (AvgIpc) is 2.62. The Hall–Kier alpha value is -0.830. The molecule has 0 aromatic heterocycles. The van der Waals surface area contributed by atoms with Gasteiger partial charge in [-0.15, -0.1) is 0 Å². The summed E-state index contributed by atoms with van der Waals surface area (Å²) < 4.78 is 10.0. The summed E-state index contributed by atoms with van der Waals surface area (Å²) in [5, 5.41) is 0. The van der Waals surface area contributed by atoms with E-state index in [1.165, 1.54) is 7.11 Å². The summed E-state index contributed by atoms with van der Waals surface area (Å²) in [5.41, 5.74) is 0. The van der Waals surface area contributed by atoms with Crippen molar-refractivity contribution in [3.05, 3.63) is 12.2 Å². The van der Waals surface area contributed by atoms with Gasteiger partial charge in [0.2, 0.25) is 0 Å². The van der Waals surface area contributed by atoms with Crippen molar-refractivity contribution in [2.24, 2.45) is 5.92 Å². The normalized spacial score (nSPS) is 39.5. The van der Waals surface area contributed by atoms with E-state index < -0.39 is 0 Å². The number of methoxy groups -OCH3 is 1. The summed E-state index contributed by atoms with van der Waals surface area (Å²) >= 11 is 0. The molecule has 2 aliphatic heterocycles. The van der Waals surface area contributed by atoms with E-state index in [0.29, 0.717) is 0 Å². The third-order valence-electron chi connectivity index (χ3n) is 2.23.